The van der Waals surface area contributed by atoms with E-state index in [2.05, 4.69) is 20.6 Å². The van der Waals surface area contributed by atoms with Gasteiger partial charge in [-0.25, -0.2) is 0 Å². The van der Waals surface area contributed by atoms with Gasteiger partial charge in [0.15, 0.2) is 5.76 Å². The molecule has 8 nitrogen and oxygen atoms in total. The Morgan fingerprint density at radius 2 is 2.22 bits per heavy atom. The van der Waals surface area contributed by atoms with E-state index in [0.717, 1.165) is 28.8 Å². The van der Waals surface area contributed by atoms with Crippen LogP contribution in [0, 0.1) is 13.8 Å². The molecule has 0 spiro atoms. The van der Waals surface area contributed by atoms with Crippen molar-refractivity contribution >= 4 is 23.4 Å². The highest BCUT2D eigenvalue weighted by molar-refractivity contribution is 7.99. The maximum atomic E-state index is 12.1. The van der Waals surface area contributed by atoms with Crippen molar-refractivity contribution in [2.75, 3.05) is 11.1 Å². The molecule has 0 bridgehead atoms. The second kappa shape index (κ2) is 6.29. The zero-order chi connectivity index (χ0) is 16.4. The number of rotatable bonds is 5. The number of nitrogens with zero attached hydrogens (tertiary/aromatic N) is 4. The van der Waals surface area contributed by atoms with Crippen molar-refractivity contribution < 1.29 is 13.6 Å². The largest absolute Gasteiger partial charge is 0.459 e. The van der Waals surface area contributed by atoms with Gasteiger partial charge in [0.2, 0.25) is 5.91 Å². The maximum absolute atomic E-state index is 12.1. The molecule has 0 saturated heterocycles. The fourth-order valence-electron chi connectivity index (χ4n) is 2.03. The Balaban J connectivity index is 1.59. The van der Waals surface area contributed by atoms with E-state index in [0.29, 0.717) is 11.0 Å². The van der Waals surface area contributed by atoms with Gasteiger partial charge in [-0.15, -0.1) is 10.2 Å². The second-order valence-electron chi connectivity index (χ2n) is 4.86. The first-order valence-corrected chi connectivity index (χ1v) is 7.83. The molecule has 3 aromatic heterocycles. The second-order valence-corrected chi connectivity index (χ2v) is 5.78. The van der Waals surface area contributed by atoms with Crippen LogP contribution in [-0.4, -0.2) is 31.6 Å². The normalized spacial score (nSPS) is 10.9. The summed E-state index contributed by atoms with van der Waals surface area (Å²) < 4.78 is 12.3. The van der Waals surface area contributed by atoms with E-state index in [4.69, 9.17) is 8.83 Å². The standard InChI is InChI=1S/C14H15N5O3S/c1-8-12(9(2)19(3)18-8)15-11(20)7-23-14-17-16-13(22-14)10-5-4-6-21-10/h4-6H,7H2,1-3H3,(H,15,20). The molecule has 3 heterocycles. The number of aromatic nitrogens is 4. The van der Waals surface area contributed by atoms with Gasteiger partial charge >= 0.3 is 0 Å². The van der Waals surface area contributed by atoms with Gasteiger partial charge in [0.1, 0.15) is 0 Å². The molecule has 1 amide bonds. The van der Waals surface area contributed by atoms with Crippen molar-refractivity contribution in [3.05, 3.63) is 29.8 Å². The van der Waals surface area contributed by atoms with Crippen LogP contribution in [0.4, 0.5) is 5.69 Å². The van der Waals surface area contributed by atoms with Gasteiger partial charge in [0.05, 0.1) is 29.1 Å². The third-order valence-electron chi connectivity index (χ3n) is 3.24. The Morgan fingerprint density at radius 1 is 1.39 bits per heavy atom. The van der Waals surface area contributed by atoms with Crippen LogP contribution in [0.3, 0.4) is 0 Å². The predicted molar refractivity (Wildman–Crippen MR) is 84.0 cm³/mol. The number of thioether (sulfide) groups is 1. The van der Waals surface area contributed by atoms with E-state index in [1.807, 2.05) is 20.9 Å². The lowest BCUT2D eigenvalue weighted by Gasteiger charge is -2.04. The third-order valence-corrected chi connectivity index (χ3v) is 4.06. The predicted octanol–water partition coefficient (Wildman–Crippen LogP) is 2.41. The van der Waals surface area contributed by atoms with Crippen molar-refractivity contribution in [1.29, 1.82) is 0 Å². The molecular formula is C14H15N5O3S. The van der Waals surface area contributed by atoms with E-state index < -0.39 is 0 Å². The summed E-state index contributed by atoms with van der Waals surface area (Å²) in [4.78, 5) is 12.1. The lowest BCUT2D eigenvalue weighted by Crippen LogP contribution is -2.15. The highest BCUT2D eigenvalue weighted by Crippen LogP contribution is 2.24. The van der Waals surface area contributed by atoms with Crippen LogP contribution in [-0.2, 0) is 11.8 Å². The minimum atomic E-state index is -0.160. The van der Waals surface area contributed by atoms with Gasteiger partial charge in [0.25, 0.3) is 11.1 Å². The van der Waals surface area contributed by atoms with Gasteiger partial charge in [-0.3, -0.25) is 9.48 Å². The summed E-state index contributed by atoms with van der Waals surface area (Å²) in [6, 6.07) is 3.46. The van der Waals surface area contributed by atoms with Crippen LogP contribution in [0.1, 0.15) is 11.4 Å². The molecule has 0 saturated carbocycles. The number of carbonyl (C=O) groups is 1. The van der Waals surface area contributed by atoms with Crippen LogP contribution in [0.15, 0.2) is 32.5 Å². The number of aryl methyl sites for hydroxylation is 2. The summed E-state index contributed by atoms with van der Waals surface area (Å²) in [5, 5.41) is 15.2. The molecule has 9 heteroatoms. The number of anilines is 1. The van der Waals surface area contributed by atoms with E-state index in [1.54, 1.807) is 16.8 Å². The summed E-state index contributed by atoms with van der Waals surface area (Å²) in [7, 11) is 1.83. The Kier molecular flexibility index (Phi) is 4.20. The Bertz CT molecular complexity index is 822. The molecule has 0 radical (unpaired) electrons. The first-order valence-electron chi connectivity index (χ1n) is 6.85. The van der Waals surface area contributed by atoms with Gasteiger partial charge in [-0.05, 0) is 26.0 Å². The van der Waals surface area contributed by atoms with Gasteiger partial charge < -0.3 is 14.2 Å². The summed E-state index contributed by atoms with van der Waals surface area (Å²) in [5.74, 6) is 0.785. The Hall–Kier alpha value is -2.55. The van der Waals surface area contributed by atoms with Crippen molar-refractivity contribution in [3.8, 4) is 11.7 Å². The zero-order valence-corrected chi connectivity index (χ0v) is 13.7. The first kappa shape index (κ1) is 15.3. The van der Waals surface area contributed by atoms with Gasteiger partial charge in [-0.1, -0.05) is 11.8 Å². The minimum Gasteiger partial charge on any atom is -0.459 e. The van der Waals surface area contributed by atoms with Crippen LogP contribution in [0.2, 0.25) is 0 Å². The van der Waals surface area contributed by atoms with Gasteiger partial charge in [0, 0.05) is 7.05 Å². The van der Waals surface area contributed by atoms with E-state index in [1.165, 1.54) is 6.26 Å². The molecular weight excluding hydrogens is 318 g/mol. The lowest BCUT2D eigenvalue weighted by molar-refractivity contribution is -0.113. The van der Waals surface area contributed by atoms with Crippen LogP contribution in [0.25, 0.3) is 11.7 Å². The summed E-state index contributed by atoms with van der Waals surface area (Å²) >= 11 is 1.16. The fraction of sp³-hybridized carbons (Fsp3) is 0.286. The maximum Gasteiger partial charge on any atom is 0.284 e. The SMILES string of the molecule is Cc1nn(C)c(C)c1NC(=O)CSc1nnc(-c2ccco2)o1. The molecule has 0 aromatic carbocycles. The molecule has 0 atom stereocenters. The van der Waals surface area contributed by atoms with E-state index in [9.17, 15) is 4.79 Å². The van der Waals surface area contributed by atoms with Crippen molar-refractivity contribution in [1.82, 2.24) is 20.0 Å². The summed E-state index contributed by atoms with van der Waals surface area (Å²) in [6.45, 7) is 3.75. The van der Waals surface area contributed by atoms with Crippen molar-refractivity contribution in [3.63, 3.8) is 0 Å². The van der Waals surface area contributed by atoms with Crippen molar-refractivity contribution in [2.24, 2.45) is 7.05 Å². The summed E-state index contributed by atoms with van der Waals surface area (Å²) in [6.07, 6.45) is 1.53. The minimum absolute atomic E-state index is 0.160. The number of carbonyl (C=O) groups excluding carboxylic acids is 1. The average Bonchev–Trinajstić information content (AvgIpc) is 3.23. The van der Waals surface area contributed by atoms with Gasteiger partial charge in [-0.2, -0.15) is 5.10 Å². The van der Waals surface area contributed by atoms with Crippen LogP contribution in [0.5, 0.6) is 0 Å². The number of hydrogen-bond acceptors (Lipinski definition) is 7. The molecule has 0 aliphatic rings. The monoisotopic (exact) mass is 333 g/mol. The molecule has 0 aliphatic carbocycles. The van der Waals surface area contributed by atoms with E-state index in [-0.39, 0.29) is 17.6 Å². The topological polar surface area (TPSA) is 99.0 Å². The fourth-order valence-corrected chi connectivity index (χ4v) is 2.59. The molecule has 0 aliphatic heterocycles. The smallest absolute Gasteiger partial charge is 0.284 e. The number of furan rings is 1. The molecule has 3 rings (SSSR count). The number of hydrogen-bond donors (Lipinski definition) is 1. The quantitative estimate of drug-likeness (QED) is 0.716. The third kappa shape index (κ3) is 3.29. The highest BCUT2D eigenvalue weighted by Gasteiger charge is 2.15. The zero-order valence-electron chi connectivity index (χ0n) is 12.9. The average molecular weight is 333 g/mol. The molecule has 3 aromatic rings. The Labute approximate surface area is 136 Å². The molecule has 0 unspecified atom stereocenters. The molecule has 1 N–H and O–H groups in total. The van der Waals surface area contributed by atoms with Crippen LogP contribution >= 0.6 is 11.8 Å². The molecule has 120 valence electrons. The molecule has 0 fully saturated rings. The summed E-state index contributed by atoms with van der Waals surface area (Å²) in [5.41, 5.74) is 2.42. The number of amides is 1. The number of nitrogens with one attached hydrogen (secondary N) is 1. The first-order chi connectivity index (χ1) is 11.0. The van der Waals surface area contributed by atoms with Crippen LogP contribution < -0.4 is 5.32 Å². The van der Waals surface area contributed by atoms with Crippen molar-refractivity contribution in [2.45, 2.75) is 19.1 Å². The Morgan fingerprint density at radius 3 is 2.87 bits per heavy atom. The highest BCUT2D eigenvalue weighted by atomic mass is 32.2. The molecule has 23 heavy (non-hydrogen) atoms. The van der Waals surface area contributed by atoms with E-state index >= 15 is 0 Å². The lowest BCUT2D eigenvalue weighted by atomic mass is 10.3.